The zero-order valence-corrected chi connectivity index (χ0v) is 9.80. The van der Waals surface area contributed by atoms with Crippen LogP contribution in [0, 0.1) is 0 Å². The van der Waals surface area contributed by atoms with Gasteiger partial charge in [-0.15, -0.1) is 0 Å². The lowest BCUT2D eigenvalue weighted by Crippen LogP contribution is -1.94. The predicted octanol–water partition coefficient (Wildman–Crippen LogP) is 3.32. The first-order valence-electron chi connectivity index (χ1n) is 5.16. The molecule has 1 aromatic heterocycles. The van der Waals surface area contributed by atoms with E-state index >= 15 is 0 Å². The molecule has 0 aliphatic rings. The van der Waals surface area contributed by atoms with E-state index in [0.29, 0.717) is 6.42 Å². The van der Waals surface area contributed by atoms with E-state index in [1.165, 1.54) is 0 Å². The number of halogens is 1. The monoisotopic (exact) mass is 246 g/mol. The molecule has 0 atom stereocenters. The van der Waals surface area contributed by atoms with Gasteiger partial charge in [0.1, 0.15) is 5.17 Å². The molecule has 0 aliphatic carbocycles. The molecule has 0 saturated heterocycles. The fraction of sp³-hybridized carbons (Fsp3) is 0.0769. The van der Waals surface area contributed by atoms with E-state index in [1.807, 2.05) is 42.5 Å². The summed E-state index contributed by atoms with van der Waals surface area (Å²) in [6, 6.07) is 13.6. The molecule has 0 amide bonds. The maximum absolute atomic E-state index is 8.53. The van der Waals surface area contributed by atoms with Crippen molar-refractivity contribution in [3.63, 3.8) is 0 Å². The Kier molecular flexibility index (Phi) is 3.73. The fourth-order valence-electron chi connectivity index (χ4n) is 1.58. The largest absolute Gasteiger partial charge is 0.410 e. The normalized spacial score (nSPS) is 11.5. The van der Waals surface area contributed by atoms with Crippen molar-refractivity contribution in [2.45, 2.75) is 6.42 Å². The molecular weight excluding hydrogens is 236 g/mol. The molecule has 1 aromatic carbocycles. The van der Waals surface area contributed by atoms with Gasteiger partial charge in [0.15, 0.2) is 0 Å². The Bertz CT molecular complexity index is 526. The van der Waals surface area contributed by atoms with Crippen molar-refractivity contribution < 1.29 is 5.21 Å². The van der Waals surface area contributed by atoms with Crippen molar-refractivity contribution >= 4 is 16.8 Å². The Morgan fingerprint density at radius 2 is 2.12 bits per heavy atom. The van der Waals surface area contributed by atoms with Crippen LogP contribution in [0.5, 0.6) is 0 Å². The third-order valence-corrected chi connectivity index (χ3v) is 2.56. The number of hydrogen-bond donors (Lipinski definition) is 1. The number of nitrogens with zero attached hydrogens (tertiary/aromatic N) is 2. The molecule has 1 heterocycles. The van der Waals surface area contributed by atoms with E-state index in [2.05, 4.69) is 10.1 Å². The lowest BCUT2D eigenvalue weighted by Gasteiger charge is -2.03. The van der Waals surface area contributed by atoms with Crippen LogP contribution in [0.3, 0.4) is 0 Å². The number of hydrogen-bond acceptors (Lipinski definition) is 3. The van der Waals surface area contributed by atoms with Gasteiger partial charge in [-0.2, -0.15) is 0 Å². The number of rotatable bonds is 3. The molecule has 0 fully saturated rings. The van der Waals surface area contributed by atoms with Crippen LogP contribution in [0.15, 0.2) is 53.8 Å². The number of oxime groups is 1. The minimum Gasteiger partial charge on any atom is -0.410 e. The van der Waals surface area contributed by atoms with Gasteiger partial charge < -0.3 is 5.21 Å². The average Bonchev–Trinajstić information content (AvgIpc) is 2.40. The van der Waals surface area contributed by atoms with Crippen LogP contribution < -0.4 is 0 Å². The predicted molar refractivity (Wildman–Crippen MR) is 68.5 cm³/mol. The van der Waals surface area contributed by atoms with Gasteiger partial charge in [0.25, 0.3) is 0 Å². The summed E-state index contributed by atoms with van der Waals surface area (Å²) >= 11 is 5.68. The van der Waals surface area contributed by atoms with E-state index in [4.69, 9.17) is 16.8 Å². The molecule has 0 unspecified atom stereocenters. The molecule has 0 radical (unpaired) electrons. The van der Waals surface area contributed by atoms with Crippen LogP contribution in [0.1, 0.15) is 5.56 Å². The molecule has 4 heteroatoms. The van der Waals surface area contributed by atoms with Gasteiger partial charge in [-0.3, -0.25) is 4.98 Å². The van der Waals surface area contributed by atoms with Crippen molar-refractivity contribution in [3.8, 4) is 11.3 Å². The second-order valence-corrected chi connectivity index (χ2v) is 4.00. The fourth-order valence-corrected chi connectivity index (χ4v) is 1.73. The highest BCUT2D eigenvalue weighted by molar-refractivity contribution is 6.65. The summed E-state index contributed by atoms with van der Waals surface area (Å²) in [5.41, 5.74) is 2.91. The molecule has 0 bridgehead atoms. The van der Waals surface area contributed by atoms with Crippen LogP contribution >= 0.6 is 11.6 Å². The second kappa shape index (κ2) is 5.46. The first kappa shape index (κ1) is 11.6. The van der Waals surface area contributed by atoms with Gasteiger partial charge in [0.05, 0.1) is 5.69 Å². The van der Waals surface area contributed by atoms with E-state index in [0.717, 1.165) is 16.8 Å². The summed E-state index contributed by atoms with van der Waals surface area (Å²) in [7, 11) is 0. The molecule has 0 aliphatic heterocycles. The van der Waals surface area contributed by atoms with Gasteiger partial charge in [-0.25, -0.2) is 0 Å². The smallest absolute Gasteiger partial charge is 0.149 e. The minimum atomic E-state index is 0.170. The lowest BCUT2D eigenvalue weighted by atomic mass is 10.1. The summed E-state index contributed by atoms with van der Waals surface area (Å²) in [6.07, 6.45) is 2.17. The lowest BCUT2D eigenvalue weighted by molar-refractivity contribution is 0.319. The Morgan fingerprint density at radius 1 is 1.24 bits per heavy atom. The molecule has 17 heavy (non-hydrogen) atoms. The molecule has 3 nitrogen and oxygen atoms in total. The van der Waals surface area contributed by atoms with E-state index in [9.17, 15) is 0 Å². The van der Waals surface area contributed by atoms with E-state index in [1.54, 1.807) is 6.20 Å². The standard InChI is InChI=1S/C13H11ClN2O/c14-13(16-17)9-10-4-3-5-11(8-10)12-6-1-2-7-15-12/h1-8,17H,9H2/b16-13-. The Labute approximate surface area is 104 Å². The van der Waals surface area contributed by atoms with Crippen molar-refractivity contribution in [2.75, 3.05) is 0 Å². The Hall–Kier alpha value is -1.87. The molecular formula is C13H11ClN2O. The summed E-state index contributed by atoms with van der Waals surface area (Å²) in [6.45, 7) is 0. The highest BCUT2D eigenvalue weighted by Gasteiger charge is 2.02. The maximum atomic E-state index is 8.53. The molecule has 2 aromatic rings. The summed E-state index contributed by atoms with van der Waals surface area (Å²) in [5.74, 6) is 0. The minimum absolute atomic E-state index is 0.170. The van der Waals surface area contributed by atoms with Crippen molar-refractivity contribution in [2.24, 2.45) is 5.16 Å². The van der Waals surface area contributed by atoms with Crippen molar-refractivity contribution in [1.29, 1.82) is 0 Å². The van der Waals surface area contributed by atoms with Crippen LogP contribution in [0.25, 0.3) is 11.3 Å². The van der Waals surface area contributed by atoms with Crippen LogP contribution in [0.2, 0.25) is 0 Å². The number of benzene rings is 1. The van der Waals surface area contributed by atoms with Gasteiger partial charge >= 0.3 is 0 Å². The van der Waals surface area contributed by atoms with Gasteiger partial charge in [-0.05, 0) is 23.8 Å². The third kappa shape index (κ3) is 3.04. The van der Waals surface area contributed by atoms with E-state index < -0.39 is 0 Å². The molecule has 0 spiro atoms. The highest BCUT2D eigenvalue weighted by Crippen LogP contribution is 2.18. The Balaban J connectivity index is 2.29. The molecule has 86 valence electrons. The zero-order chi connectivity index (χ0) is 12.1. The van der Waals surface area contributed by atoms with Crippen LogP contribution in [0.4, 0.5) is 0 Å². The molecule has 1 N–H and O–H groups in total. The van der Waals surface area contributed by atoms with Crippen LogP contribution in [-0.2, 0) is 6.42 Å². The summed E-state index contributed by atoms with van der Waals surface area (Å²) < 4.78 is 0. The van der Waals surface area contributed by atoms with Gasteiger partial charge in [0.2, 0.25) is 0 Å². The van der Waals surface area contributed by atoms with Gasteiger partial charge in [-0.1, -0.05) is 41.0 Å². The quantitative estimate of drug-likeness (QED) is 0.513. The third-order valence-electron chi connectivity index (χ3n) is 2.35. The maximum Gasteiger partial charge on any atom is 0.149 e. The second-order valence-electron chi connectivity index (χ2n) is 3.57. The first-order chi connectivity index (χ1) is 8.29. The first-order valence-corrected chi connectivity index (χ1v) is 5.54. The summed E-state index contributed by atoms with van der Waals surface area (Å²) in [4.78, 5) is 4.28. The van der Waals surface area contributed by atoms with Crippen molar-refractivity contribution in [3.05, 3.63) is 54.2 Å². The SMILES string of the molecule is O/N=C(\Cl)Cc1cccc(-c2ccccn2)c1. The number of pyridine rings is 1. The molecule has 0 saturated carbocycles. The van der Waals surface area contributed by atoms with Gasteiger partial charge in [0, 0.05) is 18.2 Å². The Morgan fingerprint density at radius 3 is 2.82 bits per heavy atom. The average molecular weight is 247 g/mol. The topological polar surface area (TPSA) is 45.5 Å². The van der Waals surface area contributed by atoms with Crippen LogP contribution in [-0.4, -0.2) is 15.4 Å². The van der Waals surface area contributed by atoms with Crippen molar-refractivity contribution in [1.82, 2.24) is 4.98 Å². The number of aromatic nitrogens is 1. The summed E-state index contributed by atoms with van der Waals surface area (Å²) in [5, 5.41) is 11.6. The zero-order valence-electron chi connectivity index (χ0n) is 9.05. The van der Waals surface area contributed by atoms with E-state index in [-0.39, 0.29) is 5.17 Å². The highest BCUT2D eigenvalue weighted by atomic mass is 35.5. The molecule has 2 rings (SSSR count).